The number of rotatable bonds is 4. The Hall–Kier alpha value is -2.60. The minimum absolute atomic E-state index is 0.00555. The fourth-order valence-electron chi connectivity index (χ4n) is 1.77. The predicted molar refractivity (Wildman–Crippen MR) is 76.9 cm³/mol. The number of benzene rings is 2. The number of nitriles is 1. The van der Waals surface area contributed by atoms with Gasteiger partial charge in [0.1, 0.15) is 5.75 Å². The third kappa shape index (κ3) is 3.24. The molecular formula is C17H15NO2. The van der Waals surface area contributed by atoms with Crippen molar-refractivity contribution in [1.29, 1.82) is 5.26 Å². The van der Waals surface area contributed by atoms with Crippen LogP contribution in [0.3, 0.4) is 0 Å². The maximum atomic E-state index is 12.0. The van der Waals surface area contributed by atoms with Gasteiger partial charge in [0.05, 0.1) is 11.6 Å². The molecule has 3 heteroatoms. The molecule has 2 aromatic carbocycles. The van der Waals surface area contributed by atoms with Crippen LogP contribution in [0, 0.1) is 25.2 Å². The first kappa shape index (κ1) is 13.8. The van der Waals surface area contributed by atoms with Crippen LogP contribution in [0.25, 0.3) is 0 Å². The number of carbonyl (C=O) groups is 1. The summed E-state index contributed by atoms with van der Waals surface area (Å²) in [4.78, 5) is 12.0. The van der Waals surface area contributed by atoms with Gasteiger partial charge in [0.15, 0.2) is 12.4 Å². The number of ether oxygens (including phenoxy) is 1. The molecule has 0 aliphatic rings. The summed E-state index contributed by atoms with van der Waals surface area (Å²) in [6.45, 7) is 3.98. The molecule has 2 rings (SSSR count). The van der Waals surface area contributed by atoms with E-state index in [9.17, 15) is 4.79 Å². The lowest BCUT2D eigenvalue weighted by Crippen LogP contribution is -2.11. The zero-order chi connectivity index (χ0) is 14.5. The number of ketones is 1. The van der Waals surface area contributed by atoms with Crippen molar-refractivity contribution in [1.82, 2.24) is 0 Å². The molecule has 0 aliphatic carbocycles. The normalized spacial score (nSPS) is 9.85. The number of Topliss-reactive ketones (excluding diaryl/α,β-unsaturated/α-hetero) is 1. The molecule has 100 valence electrons. The highest BCUT2D eigenvalue weighted by Gasteiger charge is 2.08. The maximum Gasteiger partial charge on any atom is 0.200 e. The van der Waals surface area contributed by atoms with Gasteiger partial charge in [-0.3, -0.25) is 4.79 Å². The quantitative estimate of drug-likeness (QED) is 0.796. The molecule has 2 aromatic rings. The van der Waals surface area contributed by atoms with Crippen LogP contribution >= 0.6 is 0 Å². The van der Waals surface area contributed by atoms with Crippen LogP contribution in [0.5, 0.6) is 5.75 Å². The Labute approximate surface area is 118 Å². The number of nitrogens with zero attached hydrogens (tertiary/aromatic N) is 1. The minimum Gasteiger partial charge on any atom is -0.485 e. The summed E-state index contributed by atoms with van der Waals surface area (Å²) in [7, 11) is 0. The SMILES string of the molecule is Cc1ccc(C(=O)COc2ccc(C#N)cc2)cc1C. The Morgan fingerprint density at radius 1 is 1.10 bits per heavy atom. The fourth-order valence-corrected chi connectivity index (χ4v) is 1.77. The van der Waals surface area contributed by atoms with Crippen molar-refractivity contribution in [2.24, 2.45) is 0 Å². The van der Waals surface area contributed by atoms with Crippen LogP contribution in [-0.4, -0.2) is 12.4 Å². The van der Waals surface area contributed by atoms with Gasteiger partial charge in [-0.15, -0.1) is 0 Å². The summed E-state index contributed by atoms with van der Waals surface area (Å²) in [6, 6.07) is 14.4. The highest BCUT2D eigenvalue weighted by Crippen LogP contribution is 2.14. The summed E-state index contributed by atoms with van der Waals surface area (Å²) < 4.78 is 5.43. The Kier molecular flexibility index (Phi) is 4.17. The highest BCUT2D eigenvalue weighted by molar-refractivity contribution is 5.97. The van der Waals surface area contributed by atoms with Gasteiger partial charge in [0.25, 0.3) is 0 Å². The molecule has 3 nitrogen and oxygen atoms in total. The molecule has 0 spiro atoms. The molecule has 0 saturated carbocycles. The molecule has 0 saturated heterocycles. The number of hydrogen-bond acceptors (Lipinski definition) is 3. The van der Waals surface area contributed by atoms with Gasteiger partial charge in [-0.2, -0.15) is 5.26 Å². The monoisotopic (exact) mass is 265 g/mol. The van der Waals surface area contributed by atoms with Gasteiger partial charge in [-0.05, 0) is 55.3 Å². The summed E-state index contributed by atoms with van der Waals surface area (Å²) in [5, 5.41) is 8.70. The van der Waals surface area contributed by atoms with E-state index in [-0.39, 0.29) is 12.4 Å². The molecular weight excluding hydrogens is 250 g/mol. The summed E-state index contributed by atoms with van der Waals surface area (Å²) in [5.74, 6) is 0.527. The lowest BCUT2D eigenvalue weighted by Gasteiger charge is -2.07. The summed E-state index contributed by atoms with van der Waals surface area (Å²) >= 11 is 0. The Balaban J connectivity index is 2.01. The molecule has 0 fully saturated rings. The molecule has 20 heavy (non-hydrogen) atoms. The first-order chi connectivity index (χ1) is 9.60. The van der Waals surface area contributed by atoms with Crippen molar-refractivity contribution in [2.45, 2.75) is 13.8 Å². The van der Waals surface area contributed by atoms with Crippen LogP contribution in [0.1, 0.15) is 27.0 Å². The van der Waals surface area contributed by atoms with Gasteiger partial charge < -0.3 is 4.74 Å². The Morgan fingerprint density at radius 2 is 1.80 bits per heavy atom. The number of hydrogen-bond donors (Lipinski definition) is 0. The molecule has 0 bridgehead atoms. The second-order valence-corrected chi connectivity index (χ2v) is 4.65. The first-order valence-electron chi connectivity index (χ1n) is 6.33. The van der Waals surface area contributed by atoms with Crippen molar-refractivity contribution in [3.63, 3.8) is 0 Å². The second kappa shape index (κ2) is 6.03. The van der Waals surface area contributed by atoms with E-state index in [4.69, 9.17) is 10.00 Å². The zero-order valence-electron chi connectivity index (χ0n) is 11.5. The molecule has 0 amide bonds. The van der Waals surface area contributed by atoms with Gasteiger partial charge in [0, 0.05) is 5.56 Å². The lowest BCUT2D eigenvalue weighted by atomic mass is 10.0. The van der Waals surface area contributed by atoms with E-state index in [2.05, 4.69) is 0 Å². The largest absolute Gasteiger partial charge is 0.485 e. The molecule has 0 atom stereocenters. The predicted octanol–water partition coefficient (Wildman–Crippen LogP) is 3.44. The van der Waals surface area contributed by atoms with E-state index in [1.807, 2.05) is 38.1 Å². The maximum absolute atomic E-state index is 12.0. The van der Waals surface area contributed by atoms with Gasteiger partial charge in [-0.25, -0.2) is 0 Å². The van der Waals surface area contributed by atoms with E-state index >= 15 is 0 Å². The molecule has 0 radical (unpaired) electrons. The molecule has 0 heterocycles. The van der Waals surface area contributed by atoms with Crippen molar-refractivity contribution in [2.75, 3.05) is 6.61 Å². The zero-order valence-corrected chi connectivity index (χ0v) is 11.5. The Morgan fingerprint density at radius 3 is 2.40 bits per heavy atom. The van der Waals surface area contributed by atoms with E-state index in [0.717, 1.165) is 11.1 Å². The van der Waals surface area contributed by atoms with Crippen molar-refractivity contribution >= 4 is 5.78 Å². The van der Waals surface area contributed by atoms with E-state index in [1.165, 1.54) is 0 Å². The van der Waals surface area contributed by atoms with Crippen LogP contribution in [0.4, 0.5) is 0 Å². The second-order valence-electron chi connectivity index (χ2n) is 4.65. The van der Waals surface area contributed by atoms with E-state index < -0.39 is 0 Å². The molecule has 0 unspecified atom stereocenters. The van der Waals surface area contributed by atoms with Crippen molar-refractivity contribution < 1.29 is 9.53 Å². The van der Waals surface area contributed by atoms with Crippen LogP contribution in [-0.2, 0) is 0 Å². The molecule has 0 N–H and O–H groups in total. The van der Waals surface area contributed by atoms with Crippen molar-refractivity contribution in [3.8, 4) is 11.8 Å². The van der Waals surface area contributed by atoms with Crippen LogP contribution in [0.15, 0.2) is 42.5 Å². The standard InChI is InChI=1S/C17H15NO2/c1-12-3-6-15(9-13(12)2)17(19)11-20-16-7-4-14(10-18)5-8-16/h3-9H,11H2,1-2H3. The number of aryl methyl sites for hydroxylation is 2. The van der Waals surface area contributed by atoms with Crippen LogP contribution in [0.2, 0.25) is 0 Å². The van der Waals surface area contributed by atoms with Gasteiger partial charge >= 0.3 is 0 Å². The minimum atomic E-state index is -0.0579. The fraction of sp³-hybridized carbons (Fsp3) is 0.176. The summed E-state index contributed by atoms with van der Waals surface area (Å²) in [6.07, 6.45) is 0. The first-order valence-corrected chi connectivity index (χ1v) is 6.33. The summed E-state index contributed by atoms with van der Waals surface area (Å²) in [5.41, 5.74) is 3.48. The lowest BCUT2D eigenvalue weighted by molar-refractivity contribution is 0.0921. The molecule has 0 aromatic heterocycles. The van der Waals surface area contributed by atoms with E-state index in [1.54, 1.807) is 24.3 Å². The smallest absolute Gasteiger partial charge is 0.200 e. The topological polar surface area (TPSA) is 50.1 Å². The molecule has 0 aliphatic heterocycles. The number of carbonyl (C=O) groups excluding carboxylic acids is 1. The highest BCUT2D eigenvalue weighted by atomic mass is 16.5. The average Bonchev–Trinajstić information content (AvgIpc) is 2.48. The Bertz CT molecular complexity index is 666. The third-order valence-corrected chi connectivity index (χ3v) is 3.18. The van der Waals surface area contributed by atoms with Gasteiger partial charge in [-0.1, -0.05) is 12.1 Å². The van der Waals surface area contributed by atoms with Gasteiger partial charge in [0.2, 0.25) is 0 Å². The third-order valence-electron chi connectivity index (χ3n) is 3.18. The average molecular weight is 265 g/mol. The van der Waals surface area contributed by atoms with Crippen molar-refractivity contribution in [3.05, 3.63) is 64.7 Å². The van der Waals surface area contributed by atoms with Crippen LogP contribution < -0.4 is 4.74 Å². The van der Waals surface area contributed by atoms with E-state index in [0.29, 0.717) is 16.9 Å².